The molecule has 1 heterocycles. The van der Waals surface area contributed by atoms with Gasteiger partial charge in [-0.15, -0.1) is 0 Å². The summed E-state index contributed by atoms with van der Waals surface area (Å²) in [6.45, 7) is 2.80. The van der Waals surface area contributed by atoms with E-state index in [1.165, 1.54) is 5.57 Å². The summed E-state index contributed by atoms with van der Waals surface area (Å²) in [7, 11) is 0. The number of pyridine rings is 1. The average molecular weight is 233 g/mol. The van der Waals surface area contributed by atoms with Crippen LogP contribution in [-0.2, 0) is 0 Å². The van der Waals surface area contributed by atoms with Crippen LogP contribution in [0, 0.1) is 0 Å². The number of hydrogen-bond acceptors (Lipinski definition) is 3. The molecule has 92 valence electrons. The SMILES string of the molecule is CCCOc1cncc(C2=CC(O)CCC2)c1. The maximum atomic E-state index is 9.62. The fraction of sp³-hybridized carbons (Fsp3) is 0.500. The van der Waals surface area contributed by atoms with Gasteiger partial charge in [-0.25, -0.2) is 0 Å². The van der Waals surface area contributed by atoms with Crippen LogP contribution in [0.15, 0.2) is 24.5 Å². The standard InChI is InChI=1S/C14H19NO2/c1-2-6-17-14-8-12(9-15-10-14)11-4-3-5-13(16)7-11/h7-10,13,16H,2-6H2,1H3. The van der Waals surface area contributed by atoms with Gasteiger partial charge in [-0.1, -0.05) is 13.0 Å². The molecule has 1 unspecified atom stereocenters. The van der Waals surface area contributed by atoms with Crippen molar-refractivity contribution >= 4 is 5.57 Å². The Morgan fingerprint density at radius 3 is 3.12 bits per heavy atom. The zero-order chi connectivity index (χ0) is 12.1. The lowest BCUT2D eigenvalue weighted by Crippen LogP contribution is -2.08. The Morgan fingerprint density at radius 2 is 2.35 bits per heavy atom. The van der Waals surface area contributed by atoms with Crippen molar-refractivity contribution in [2.45, 2.75) is 38.7 Å². The molecule has 0 aliphatic heterocycles. The van der Waals surface area contributed by atoms with Gasteiger partial charge in [-0.05, 0) is 42.9 Å². The van der Waals surface area contributed by atoms with Crippen molar-refractivity contribution in [1.29, 1.82) is 0 Å². The molecular weight excluding hydrogens is 214 g/mol. The summed E-state index contributed by atoms with van der Waals surface area (Å²) in [5.74, 6) is 0.810. The van der Waals surface area contributed by atoms with E-state index in [1.54, 1.807) is 6.20 Å². The van der Waals surface area contributed by atoms with Gasteiger partial charge in [-0.3, -0.25) is 4.98 Å². The number of hydrogen-bond donors (Lipinski definition) is 1. The molecule has 0 aromatic carbocycles. The van der Waals surface area contributed by atoms with Gasteiger partial charge in [0.15, 0.2) is 0 Å². The van der Waals surface area contributed by atoms with Gasteiger partial charge in [0.1, 0.15) is 5.75 Å². The van der Waals surface area contributed by atoms with Gasteiger partial charge in [-0.2, -0.15) is 0 Å². The van der Waals surface area contributed by atoms with Gasteiger partial charge >= 0.3 is 0 Å². The second-order valence-corrected chi connectivity index (χ2v) is 4.41. The van der Waals surface area contributed by atoms with Crippen LogP contribution in [0.1, 0.15) is 38.2 Å². The molecule has 1 N–H and O–H groups in total. The molecule has 1 aromatic heterocycles. The molecule has 3 heteroatoms. The zero-order valence-electron chi connectivity index (χ0n) is 10.2. The van der Waals surface area contributed by atoms with Gasteiger partial charge in [0.25, 0.3) is 0 Å². The highest BCUT2D eigenvalue weighted by Gasteiger charge is 2.12. The van der Waals surface area contributed by atoms with Gasteiger partial charge in [0, 0.05) is 6.20 Å². The summed E-state index contributed by atoms with van der Waals surface area (Å²) in [4.78, 5) is 4.19. The maximum absolute atomic E-state index is 9.62. The molecule has 17 heavy (non-hydrogen) atoms. The van der Waals surface area contributed by atoms with Crippen molar-refractivity contribution < 1.29 is 9.84 Å². The molecule has 0 saturated heterocycles. The second kappa shape index (κ2) is 5.82. The van der Waals surface area contributed by atoms with Gasteiger partial charge in [0.2, 0.25) is 0 Å². The molecule has 0 fully saturated rings. The predicted molar refractivity (Wildman–Crippen MR) is 67.9 cm³/mol. The van der Waals surface area contributed by atoms with Crippen LogP contribution in [0.2, 0.25) is 0 Å². The normalized spacial score (nSPS) is 19.9. The van der Waals surface area contributed by atoms with Crippen LogP contribution in [0.5, 0.6) is 5.75 Å². The highest BCUT2D eigenvalue weighted by atomic mass is 16.5. The third-order valence-corrected chi connectivity index (χ3v) is 2.90. The molecule has 1 aliphatic rings. The van der Waals surface area contributed by atoms with Gasteiger partial charge in [0.05, 0.1) is 18.9 Å². The van der Waals surface area contributed by atoms with Crippen molar-refractivity contribution in [1.82, 2.24) is 4.98 Å². The fourth-order valence-corrected chi connectivity index (χ4v) is 2.03. The third-order valence-electron chi connectivity index (χ3n) is 2.90. The van der Waals surface area contributed by atoms with E-state index in [4.69, 9.17) is 4.74 Å². The molecule has 1 atom stereocenters. The van der Waals surface area contributed by atoms with E-state index in [-0.39, 0.29) is 6.10 Å². The highest BCUT2D eigenvalue weighted by molar-refractivity contribution is 5.67. The summed E-state index contributed by atoms with van der Waals surface area (Å²) in [6.07, 6.45) is 9.10. The van der Waals surface area contributed by atoms with E-state index in [2.05, 4.69) is 11.9 Å². The van der Waals surface area contributed by atoms with E-state index < -0.39 is 0 Å². The zero-order valence-corrected chi connectivity index (χ0v) is 10.2. The second-order valence-electron chi connectivity index (χ2n) is 4.41. The van der Waals surface area contributed by atoms with Crippen LogP contribution >= 0.6 is 0 Å². The molecule has 0 amide bonds. The molecule has 1 aromatic rings. The van der Waals surface area contributed by atoms with Crippen molar-refractivity contribution in [3.05, 3.63) is 30.1 Å². The maximum Gasteiger partial charge on any atom is 0.138 e. The smallest absolute Gasteiger partial charge is 0.138 e. The van der Waals surface area contributed by atoms with Crippen LogP contribution in [0.3, 0.4) is 0 Å². The topological polar surface area (TPSA) is 42.4 Å². The molecular formula is C14H19NO2. The molecule has 0 bridgehead atoms. The monoisotopic (exact) mass is 233 g/mol. The third kappa shape index (κ3) is 3.30. The molecule has 0 saturated carbocycles. The van der Waals surface area contributed by atoms with E-state index in [0.29, 0.717) is 6.61 Å². The van der Waals surface area contributed by atoms with E-state index in [9.17, 15) is 5.11 Å². The van der Waals surface area contributed by atoms with Crippen LogP contribution in [0.4, 0.5) is 0 Å². The van der Waals surface area contributed by atoms with Crippen molar-refractivity contribution in [2.24, 2.45) is 0 Å². The number of aliphatic hydroxyl groups is 1. The van der Waals surface area contributed by atoms with E-state index in [0.717, 1.165) is 37.0 Å². The number of rotatable bonds is 4. The lowest BCUT2D eigenvalue weighted by molar-refractivity contribution is 0.206. The van der Waals surface area contributed by atoms with Crippen LogP contribution < -0.4 is 4.74 Å². The first-order valence-electron chi connectivity index (χ1n) is 6.26. The number of allylic oxidation sites excluding steroid dienone is 1. The summed E-state index contributed by atoms with van der Waals surface area (Å²) in [6, 6.07) is 2.01. The van der Waals surface area contributed by atoms with E-state index >= 15 is 0 Å². The average Bonchev–Trinajstić information content (AvgIpc) is 2.37. The quantitative estimate of drug-likeness (QED) is 0.869. The Labute approximate surface area is 102 Å². The number of ether oxygens (including phenoxy) is 1. The largest absolute Gasteiger partial charge is 0.492 e. The number of nitrogens with zero attached hydrogens (tertiary/aromatic N) is 1. The van der Waals surface area contributed by atoms with Crippen molar-refractivity contribution in [2.75, 3.05) is 6.61 Å². The lowest BCUT2D eigenvalue weighted by Gasteiger charge is -2.17. The highest BCUT2D eigenvalue weighted by Crippen LogP contribution is 2.28. The first-order chi connectivity index (χ1) is 8.29. The molecule has 2 rings (SSSR count). The Hall–Kier alpha value is -1.35. The molecule has 1 aliphatic carbocycles. The molecule has 0 radical (unpaired) electrons. The van der Waals surface area contributed by atoms with Crippen LogP contribution in [-0.4, -0.2) is 22.8 Å². The minimum Gasteiger partial charge on any atom is -0.492 e. The molecule has 0 spiro atoms. The predicted octanol–water partition coefficient (Wildman–Crippen LogP) is 2.80. The summed E-state index contributed by atoms with van der Waals surface area (Å²) in [5, 5.41) is 9.62. The first kappa shape index (κ1) is 12.1. The Kier molecular flexibility index (Phi) is 4.15. The van der Waals surface area contributed by atoms with Crippen molar-refractivity contribution in [3.8, 4) is 5.75 Å². The summed E-state index contributed by atoms with van der Waals surface area (Å²) >= 11 is 0. The summed E-state index contributed by atoms with van der Waals surface area (Å²) < 4.78 is 5.56. The number of aliphatic hydroxyl groups excluding tert-OH is 1. The first-order valence-corrected chi connectivity index (χ1v) is 6.26. The Balaban J connectivity index is 2.15. The van der Waals surface area contributed by atoms with Crippen LogP contribution in [0.25, 0.3) is 5.57 Å². The minimum absolute atomic E-state index is 0.307. The number of aromatic nitrogens is 1. The van der Waals surface area contributed by atoms with Crippen molar-refractivity contribution in [3.63, 3.8) is 0 Å². The minimum atomic E-state index is -0.307. The Bertz CT molecular complexity index is 401. The van der Waals surface area contributed by atoms with E-state index in [1.807, 2.05) is 18.3 Å². The lowest BCUT2D eigenvalue weighted by atomic mass is 9.93. The molecule has 3 nitrogen and oxygen atoms in total. The summed E-state index contributed by atoms with van der Waals surface area (Å²) in [5.41, 5.74) is 2.25. The fourth-order valence-electron chi connectivity index (χ4n) is 2.03. The Morgan fingerprint density at radius 1 is 1.47 bits per heavy atom. The van der Waals surface area contributed by atoms with Gasteiger partial charge < -0.3 is 9.84 Å².